The molecule has 138 valence electrons. The number of nitrogens with one attached hydrogen (secondary N) is 1. The van der Waals surface area contributed by atoms with Crippen LogP contribution in [-0.4, -0.2) is 27.9 Å². The molecule has 1 aromatic carbocycles. The minimum Gasteiger partial charge on any atom is -0.454 e. The fourth-order valence-electron chi connectivity index (χ4n) is 3.81. The van der Waals surface area contributed by atoms with Crippen LogP contribution in [-0.2, 0) is 13.6 Å². The summed E-state index contributed by atoms with van der Waals surface area (Å²) >= 11 is 5.78. The van der Waals surface area contributed by atoms with E-state index < -0.39 is 0 Å². The van der Waals surface area contributed by atoms with E-state index in [-0.39, 0.29) is 0 Å². The first-order valence-corrected chi connectivity index (χ1v) is 9.67. The van der Waals surface area contributed by atoms with Crippen LogP contribution in [0.3, 0.4) is 0 Å². The molecule has 0 amide bonds. The van der Waals surface area contributed by atoms with Crippen molar-refractivity contribution < 1.29 is 9.47 Å². The summed E-state index contributed by atoms with van der Waals surface area (Å²) in [6.45, 7) is 1.99. The van der Waals surface area contributed by atoms with Gasteiger partial charge < -0.3 is 24.3 Å². The number of fused-ring (bicyclic) bond motifs is 1. The van der Waals surface area contributed by atoms with Gasteiger partial charge in [0.15, 0.2) is 16.6 Å². The maximum Gasteiger partial charge on any atom is 0.231 e. The van der Waals surface area contributed by atoms with E-state index in [1.165, 1.54) is 25.0 Å². The number of benzene rings is 1. The Hall–Kier alpha value is -2.21. The Bertz CT molecular complexity index is 789. The zero-order chi connectivity index (χ0) is 17.9. The normalized spacial score (nSPS) is 19.3. The van der Waals surface area contributed by atoms with E-state index in [4.69, 9.17) is 21.7 Å². The van der Waals surface area contributed by atoms with Crippen LogP contribution in [0.25, 0.3) is 0 Å². The van der Waals surface area contributed by atoms with Crippen LogP contribution in [0, 0.1) is 0 Å². The maximum absolute atomic E-state index is 5.78. The summed E-state index contributed by atoms with van der Waals surface area (Å²) in [6, 6.07) is 10.7. The SMILES string of the molecule is Cn1cccc1[C@H]1CCCCCN1C(=S)NCc1ccc2c(c1)OCO2. The van der Waals surface area contributed by atoms with Gasteiger partial charge in [-0.15, -0.1) is 0 Å². The maximum atomic E-state index is 5.78. The predicted molar refractivity (Wildman–Crippen MR) is 105 cm³/mol. The van der Waals surface area contributed by atoms with Gasteiger partial charge in [-0.05, 0) is 54.9 Å². The number of hydrogen-bond donors (Lipinski definition) is 1. The highest BCUT2D eigenvalue weighted by Crippen LogP contribution is 2.33. The van der Waals surface area contributed by atoms with Gasteiger partial charge >= 0.3 is 0 Å². The van der Waals surface area contributed by atoms with Crippen LogP contribution in [0.4, 0.5) is 0 Å². The molecule has 5 nitrogen and oxygen atoms in total. The van der Waals surface area contributed by atoms with Gasteiger partial charge in [-0.1, -0.05) is 18.9 Å². The Kier molecular flexibility index (Phi) is 5.02. The van der Waals surface area contributed by atoms with E-state index in [1.54, 1.807) is 0 Å². The zero-order valence-corrected chi connectivity index (χ0v) is 15.9. The standard InChI is InChI=1S/C20H25N3O2S/c1-22-10-5-7-16(22)17-6-3-2-4-11-23(17)20(26)21-13-15-8-9-18-19(12-15)25-14-24-18/h5,7-10,12,17H,2-4,6,11,13-14H2,1H3,(H,21,26)/t17-/m1/s1. The van der Waals surface area contributed by atoms with E-state index in [1.807, 2.05) is 12.1 Å². The van der Waals surface area contributed by atoms with Crippen molar-refractivity contribution in [2.75, 3.05) is 13.3 Å². The van der Waals surface area contributed by atoms with Crippen molar-refractivity contribution in [2.45, 2.75) is 38.3 Å². The van der Waals surface area contributed by atoms with Gasteiger partial charge in [0.2, 0.25) is 6.79 Å². The lowest BCUT2D eigenvalue weighted by Crippen LogP contribution is -2.42. The molecule has 0 unspecified atom stereocenters. The highest BCUT2D eigenvalue weighted by atomic mass is 32.1. The molecular formula is C20H25N3O2S. The molecule has 2 aliphatic heterocycles. The van der Waals surface area contributed by atoms with Crippen molar-refractivity contribution in [3.05, 3.63) is 47.8 Å². The van der Waals surface area contributed by atoms with Crippen molar-refractivity contribution in [2.24, 2.45) is 7.05 Å². The Balaban J connectivity index is 1.45. The first kappa shape index (κ1) is 17.2. The number of likely N-dealkylation sites (tertiary alicyclic amines) is 1. The molecular weight excluding hydrogens is 346 g/mol. The highest BCUT2D eigenvalue weighted by Gasteiger charge is 2.26. The van der Waals surface area contributed by atoms with Crippen LogP contribution >= 0.6 is 12.2 Å². The quantitative estimate of drug-likeness (QED) is 0.832. The smallest absolute Gasteiger partial charge is 0.231 e. The first-order valence-electron chi connectivity index (χ1n) is 9.26. The topological polar surface area (TPSA) is 38.7 Å². The molecule has 0 saturated carbocycles. The second-order valence-corrected chi connectivity index (χ2v) is 7.34. The van der Waals surface area contributed by atoms with E-state index in [0.29, 0.717) is 19.4 Å². The molecule has 0 spiro atoms. The van der Waals surface area contributed by atoms with Crippen LogP contribution in [0.15, 0.2) is 36.5 Å². The summed E-state index contributed by atoms with van der Waals surface area (Å²) in [7, 11) is 2.11. The lowest BCUT2D eigenvalue weighted by atomic mass is 10.1. The average molecular weight is 372 g/mol. The van der Waals surface area contributed by atoms with E-state index in [9.17, 15) is 0 Å². The van der Waals surface area contributed by atoms with Gasteiger partial charge in [0.25, 0.3) is 0 Å². The number of aromatic nitrogens is 1. The van der Waals surface area contributed by atoms with Crippen LogP contribution < -0.4 is 14.8 Å². The fraction of sp³-hybridized carbons (Fsp3) is 0.450. The Labute approximate surface area is 159 Å². The summed E-state index contributed by atoms with van der Waals surface area (Å²) < 4.78 is 13.0. The summed E-state index contributed by atoms with van der Waals surface area (Å²) in [5, 5.41) is 4.28. The molecule has 1 saturated heterocycles. The Morgan fingerprint density at radius 1 is 1.19 bits per heavy atom. The molecule has 0 aliphatic carbocycles. The summed E-state index contributed by atoms with van der Waals surface area (Å²) in [4.78, 5) is 2.37. The van der Waals surface area contributed by atoms with Gasteiger partial charge in [-0.3, -0.25) is 0 Å². The number of nitrogens with zero attached hydrogens (tertiary/aromatic N) is 2. The summed E-state index contributed by atoms with van der Waals surface area (Å²) in [5.74, 6) is 1.62. The van der Waals surface area contributed by atoms with Crippen LogP contribution in [0.1, 0.15) is 43.0 Å². The van der Waals surface area contributed by atoms with Gasteiger partial charge in [-0.25, -0.2) is 0 Å². The number of aryl methyl sites for hydroxylation is 1. The number of rotatable bonds is 3. The highest BCUT2D eigenvalue weighted by molar-refractivity contribution is 7.80. The third-order valence-corrected chi connectivity index (χ3v) is 5.60. The van der Waals surface area contributed by atoms with Gasteiger partial charge in [0.1, 0.15) is 0 Å². The first-order chi connectivity index (χ1) is 12.7. The molecule has 1 fully saturated rings. The Morgan fingerprint density at radius 2 is 2.08 bits per heavy atom. The third kappa shape index (κ3) is 3.51. The molecule has 4 rings (SSSR count). The summed E-state index contributed by atoms with van der Waals surface area (Å²) in [5.41, 5.74) is 2.47. The molecule has 2 aromatic rings. The van der Waals surface area contributed by atoms with Crippen molar-refractivity contribution in [3.8, 4) is 11.5 Å². The second-order valence-electron chi connectivity index (χ2n) is 6.95. The van der Waals surface area contributed by atoms with E-state index in [2.05, 4.69) is 46.2 Å². The molecule has 0 radical (unpaired) electrons. The predicted octanol–water partition coefficient (Wildman–Crippen LogP) is 3.75. The van der Waals surface area contributed by atoms with Crippen LogP contribution in [0.2, 0.25) is 0 Å². The average Bonchev–Trinajstić information content (AvgIpc) is 3.21. The minimum absolute atomic E-state index is 0.302. The van der Waals surface area contributed by atoms with Crippen molar-refractivity contribution in [1.82, 2.24) is 14.8 Å². The van der Waals surface area contributed by atoms with Crippen molar-refractivity contribution >= 4 is 17.3 Å². The summed E-state index contributed by atoms with van der Waals surface area (Å²) in [6.07, 6.45) is 6.96. The second kappa shape index (κ2) is 7.58. The van der Waals surface area contributed by atoms with Crippen molar-refractivity contribution in [3.63, 3.8) is 0 Å². The van der Waals surface area contributed by atoms with Crippen LogP contribution in [0.5, 0.6) is 11.5 Å². The molecule has 26 heavy (non-hydrogen) atoms. The number of hydrogen-bond acceptors (Lipinski definition) is 3. The number of ether oxygens (including phenoxy) is 2. The Morgan fingerprint density at radius 3 is 2.92 bits per heavy atom. The van der Waals surface area contributed by atoms with Gasteiger partial charge in [0, 0.05) is 32.0 Å². The monoisotopic (exact) mass is 371 g/mol. The molecule has 6 heteroatoms. The minimum atomic E-state index is 0.302. The molecule has 1 atom stereocenters. The lowest BCUT2D eigenvalue weighted by Gasteiger charge is -2.33. The van der Waals surface area contributed by atoms with E-state index in [0.717, 1.165) is 35.1 Å². The third-order valence-electron chi connectivity index (χ3n) is 5.22. The zero-order valence-electron chi connectivity index (χ0n) is 15.1. The molecule has 3 heterocycles. The van der Waals surface area contributed by atoms with Gasteiger partial charge in [-0.2, -0.15) is 0 Å². The fourth-order valence-corrected chi connectivity index (χ4v) is 4.10. The lowest BCUT2D eigenvalue weighted by molar-refractivity contribution is 0.174. The molecule has 0 bridgehead atoms. The van der Waals surface area contributed by atoms with Crippen molar-refractivity contribution in [1.29, 1.82) is 0 Å². The molecule has 2 aliphatic rings. The number of thiocarbonyl (C=S) groups is 1. The molecule has 1 aromatic heterocycles. The van der Waals surface area contributed by atoms with E-state index >= 15 is 0 Å². The largest absolute Gasteiger partial charge is 0.454 e. The molecule has 1 N–H and O–H groups in total. The van der Waals surface area contributed by atoms with Gasteiger partial charge in [0.05, 0.1) is 6.04 Å².